The normalized spacial score (nSPS) is 10.3. The van der Waals surface area contributed by atoms with Crippen LogP contribution in [0.5, 0.6) is 0 Å². The Balaban J connectivity index is 2.38. The van der Waals surface area contributed by atoms with Crippen molar-refractivity contribution in [3.05, 3.63) is 40.8 Å². The SMILES string of the molecule is CCOC(=O)c1cnc(-c2ccc(Cl)cn2)nc1CC. The van der Waals surface area contributed by atoms with Crippen LogP contribution in [0.25, 0.3) is 11.5 Å². The van der Waals surface area contributed by atoms with Crippen LogP contribution >= 0.6 is 11.6 Å². The number of nitrogens with zero attached hydrogens (tertiary/aromatic N) is 3. The molecule has 0 aliphatic heterocycles. The third-order valence-corrected chi connectivity index (χ3v) is 2.88. The van der Waals surface area contributed by atoms with E-state index in [9.17, 15) is 4.79 Å². The molecule has 0 amide bonds. The van der Waals surface area contributed by atoms with Gasteiger partial charge < -0.3 is 4.74 Å². The minimum absolute atomic E-state index is 0.322. The van der Waals surface area contributed by atoms with Crippen LogP contribution < -0.4 is 0 Å². The molecule has 0 saturated carbocycles. The maximum Gasteiger partial charge on any atom is 0.341 e. The zero-order chi connectivity index (χ0) is 14.5. The van der Waals surface area contributed by atoms with Gasteiger partial charge in [-0.3, -0.25) is 4.98 Å². The topological polar surface area (TPSA) is 65.0 Å². The highest BCUT2D eigenvalue weighted by atomic mass is 35.5. The van der Waals surface area contributed by atoms with E-state index in [-0.39, 0.29) is 0 Å². The molecule has 2 rings (SSSR count). The first-order chi connectivity index (χ1) is 9.65. The smallest absolute Gasteiger partial charge is 0.341 e. The predicted molar refractivity (Wildman–Crippen MR) is 75.6 cm³/mol. The Morgan fingerprint density at radius 3 is 2.65 bits per heavy atom. The molecule has 20 heavy (non-hydrogen) atoms. The van der Waals surface area contributed by atoms with Gasteiger partial charge in [0.2, 0.25) is 0 Å². The quantitative estimate of drug-likeness (QED) is 0.810. The van der Waals surface area contributed by atoms with Crippen LogP contribution in [0.4, 0.5) is 0 Å². The molecule has 5 nitrogen and oxygen atoms in total. The summed E-state index contributed by atoms with van der Waals surface area (Å²) < 4.78 is 4.98. The molecule has 0 aromatic carbocycles. The largest absolute Gasteiger partial charge is 0.462 e. The lowest BCUT2D eigenvalue weighted by Gasteiger charge is -2.07. The number of ether oxygens (including phenoxy) is 1. The van der Waals surface area contributed by atoms with Crippen LogP contribution in [0.3, 0.4) is 0 Å². The fraction of sp³-hybridized carbons (Fsp3) is 0.286. The van der Waals surface area contributed by atoms with Crippen molar-refractivity contribution in [2.75, 3.05) is 6.61 Å². The van der Waals surface area contributed by atoms with E-state index in [2.05, 4.69) is 15.0 Å². The number of carbonyl (C=O) groups excluding carboxylic acids is 1. The number of hydrogen-bond acceptors (Lipinski definition) is 5. The number of aryl methyl sites for hydroxylation is 1. The van der Waals surface area contributed by atoms with Crippen LogP contribution in [0, 0.1) is 0 Å². The molecule has 0 aliphatic rings. The van der Waals surface area contributed by atoms with Crippen LogP contribution in [0.1, 0.15) is 29.9 Å². The highest BCUT2D eigenvalue weighted by molar-refractivity contribution is 6.30. The van der Waals surface area contributed by atoms with Crippen molar-refractivity contribution < 1.29 is 9.53 Å². The number of hydrogen-bond donors (Lipinski definition) is 0. The van der Waals surface area contributed by atoms with E-state index in [0.717, 1.165) is 0 Å². The summed E-state index contributed by atoms with van der Waals surface area (Å²) in [5.74, 6) is 0.0616. The number of esters is 1. The molecular formula is C14H14ClN3O2. The maximum atomic E-state index is 11.8. The van der Waals surface area contributed by atoms with Gasteiger partial charge in [-0.1, -0.05) is 18.5 Å². The van der Waals surface area contributed by atoms with E-state index in [1.54, 1.807) is 19.1 Å². The van der Waals surface area contributed by atoms with E-state index in [4.69, 9.17) is 16.3 Å². The van der Waals surface area contributed by atoms with Crippen molar-refractivity contribution in [2.45, 2.75) is 20.3 Å². The Kier molecular flexibility index (Phi) is 4.63. The molecule has 0 atom stereocenters. The molecule has 6 heteroatoms. The van der Waals surface area contributed by atoms with Gasteiger partial charge in [0.15, 0.2) is 5.82 Å². The minimum Gasteiger partial charge on any atom is -0.462 e. The molecule has 0 fully saturated rings. The lowest BCUT2D eigenvalue weighted by atomic mass is 10.2. The fourth-order valence-electron chi connectivity index (χ4n) is 1.70. The van der Waals surface area contributed by atoms with Gasteiger partial charge in [-0.05, 0) is 25.5 Å². The zero-order valence-electron chi connectivity index (χ0n) is 11.3. The van der Waals surface area contributed by atoms with Crippen molar-refractivity contribution in [1.82, 2.24) is 15.0 Å². The van der Waals surface area contributed by atoms with Gasteiger partial charge in [0, 0.05) is 12.4 Å². The van der Waals surface area contributed by atoms with Crippen LogP contribution in [-0.4, -0.2) is 27.5 Å². The first-order valence-electron chi connectivity index (χ1n) is 6.30. The second-order valence-electron chi connectivity index (χ2n) is 3.99. The molecule has 0 unspecified atom stereocenters. The molecule has 0 aliphatic carbocycles. The van der Waals surface area contributed by atoms with E-state index in [1.807, 2.05) is 6.92 Å². The summed E-state index contributed by atoms with van der Waals surface area (Å²) in [5, 5.41) is 0.549. The Morgan fingerprint density at radius 2 is 2.05 bits per heavy atom. The highest BCUT2D eigenvalue weighted by Crippen LogP contribution is 2.17. The van der Waals surface area contributed by atoms with Crippen molar-refractivity contribution in [1.29, 1.82) is 0 Å². The van der Waals surface area contributed by atoms with E-state index < -0.39 is 5.97 Å². The average Bonchev–Trinajstić information content (AvgIpc) is 2.47. The summed E-state index contributed by atoms with van der Waals surface area (Å²) in [6.07, 6.45) is 3.62. The second kappa shape index (κ2) is 6.43. The molecule has 2 aromatic rings. The van der Waals surface area contributed by atoms with Crippen molar-refractivity contribution in [3.63, 3.8) is 0 Å². The molecule has 0 saturated heterocycles. The van der Waals surface area contributed by atoms with Gasteiger partial charge in [-0.15, -0.1) is 0 Å². The number of rotatable bonds is 4. The Morgan fingerprint density at radius 1 is 1.25 bits per heavy atom. The third kappa shape index (κ3) is 3.11. The van der Waals surface area contributed by atoms with Crippen LogP contribution in [0.15, 0.2) is 24.5 Å². The molecule has 0 bridgehead atoms. The molecule has 104 valence electrons. The van der Waals surface area contributed by atoms with Crippen molar-refractivity contribution in [3.8, 4) is 11.5 Å². The summed E-state index contributed by atoms with van der Waals surface area (Å²) in [6.45, 7) is 4.00. The Bertz CT molecular complexity index is 614. The van der Waals surface area contributed by atoms with Gasteiger partial charge in [-0.2, -0.15) is 0 Å². The Labute approximate surface area is 122 Å². The first kappa shape index (κ1) is 14.4. The van der Waals surface area contributed by atoms with Gasteiger partial charge in [0.05, 0.1) is 22.9 Å². The molecule has 2 aromatic heterocycles. The predicted octanol–water partition coefficient (Wildman–Crippen LogP) is 2.93. The molecule has 2 heterocycles. The lowest BCUT2D eigenvalue weighted by molar-refractivity contribution is 0.0524. The van der Waals surface area contributed by atoms with Gasteiger partial charge in [0.25, 0.3) is 0 Å². The molecular weight excluding hydrogens is 278 g/mol. The molecule has 0 N–H and O–H groups in total. The van der Waals surface area contributed by atoms with E-state index in [1.165, 1.54) is 12.4 Å². The third-order valence-electron chi connectivity index (χ3n) is 2.65. The highest BCUT2D eigenvalue weighted by Gasteiger charge is 2.15. The monoisotopic (exact) mass is 291 g/mol. The van der Waals surface area contributed by atoms with Gasteiger partial charge >= 0.3 is 5.97 Å². The number of carbonyl (C=O) groups is 1. The fourth-order valence-corrected chi connectivity index (χ4v) is 1.81. The van der Waals surface area contributed by atoms with Crippen molar-refractivity contribution in [2.24, 2.45) is 0 Å². The van der Waals surface area contributed by atoms with Crippen molar-refractivity contribution >= 4 is 17.6 Å². The number of aromatic nitrogens is 3. The summed E-state index contributed by atoms with van der Waals surface area (Å²) in [5.41, 5.74) is 1.65. The summed E-state index contributed by atoms with van der Waals surface area (Å²) in [7, 11) is 0. The van der Waals surface area contributed by atoms with Gasteiger partial charge in [0.1, 0.15) is 5.69 Å². The van der Waals surface area contributed by atoms with Gasteiger partial charge in [-0.25, -0.2) is 14.8 Å². The average molecular weight is 292 g/mol. The summed E-state index contributed by atoms with van der Waals surface area (Å²) in [4.78, 5) is 24.5. The lowest BCUT2D eigenvalue weighted by Crippen LogP contribution is -2.11. The number of pyridine rings is 1. The van der Waals surface area contributed by atoms with Crippen LogP contribution in [0.2, 0.25) is 5.02 Å². The molecule has 0 spiro atoms. The van der Waals surface area contributed by atoms with E-state index in [0.29, 0.717) is 40.8 Å². The maximum absolute atomic E-state index is 11.8. The minimum atomic E-state index is -0.403. The second-order valence-corrected chi connectivity index (χ2v) is 4.43. The Hall–Kier alpha value is -2.01. The summed E-state index contributed by atoms with van der Waals surface area (Å²) >= 11 is 5.79. The first-order valence-corrected chi connectivity index (χ1v) is 6.68. The van der Waals surface area contributed by atoms with E-state index >= 15 is 0 Å². The zero-order valence-corrected chi connectivity index (χ0v) is 12.0. The van der Waals surface area contributed by atoms with Crippen LogP contribution in [-0.2, 0) is 11.2 Å². The standard InChI is InChI=1S/C14H14ClN3O2/c1-3-11-10(14(19)20-4-2)8-17-13(18-11)12-6-5-9(15)7-16-12/h5-8H,3-4H2,1-2H3. The molecule has 0 radical (unpaired) electrons. The summed E-state index contributed by atoms with van der Waals surface area (Å²) in [6, 6.07) is 3.46. The number of halogens is 1.